The van der Waals surface area contributed by atoms with Gasteiger partial charge in [-0.1, -0.05) is 12.1 Å². The lowest BCUT2D eigenvalue weighted by atomic mass is 10.1. The molecule has 1 heterocycles. The molecule has 0 aromatic heterocycles. The number of para-hydroxylation sites is 2. The van der Waals surface area contributed by atoms with Gasteiger partial charge in [-0.15, -0.1) is 0 Å². The molecular weight excluding hydrogens is 320 g/mol. The van der Waals surface area contributed by atoms with Crippen molar-refractivity contribution in [3.8, 4) is 5.75 Å². The molecule has 1 unspecified atom stereocenters. The molecule has 0 spiro atoms. The van der Waals surface area contributed by atoms with Crippen LogP contribution < -0.4 is 15.0 Å². The Hall–Kier alpha value is -2.08. The first kappa shape index (κ1) is 17.7. The lowest BCUT2D eigenvalue weighted by molar-refractivity contribution is -0.125. The van der Waals surface area contributed by atoms with Gasteiger partial charge < -0.3 is 19.7 Å². The van der Waals surface area contributed by atoms with E-state index in [0.29, 0.717) is 25.4 Å². The average molecular weight is 346 g/mol. The zero-order valence-electron chi connectivity index (χ0n) is 14.7. The van der Waals surface area contributed by atoms with Crippen LogP contribution in [0.25, 0.3) is 0 Å². The Balaban J connectivity index is 1.39. The van der Waals surface area contributed by atoms with Crippen LogP contribution >= 0.6 is 0 Å². The van der Waals surface area contributed by atoms with E-state index in [9.17, 15) is 9.59 Å². The Morgan fingerprint density at radius 1 is 1.36 bits per heavy atom. The van der Waals surface area contributed by atoms with Crippen LogP contribution in [0.1, 0.15) is 32.6 Å². The molecular formula is C19H26N2O4. The van der Waals surface area contributed by atoms with Crippen molar-refractivity contribution in [1.29, 1.82) is 0 Å². The Bertz CT molecular complexity index is 615. The predicted molar refractivity (Wildman–Crippen MR) is 94.7 cm³/mol. The highest BCUT2D eigenvalue weighted by Gasteiger charge is 2.31. The fourth-order valence-corrected chi connectivity index (χ4v) is 2.83. The van der Waals surface area contributed by atoms with Crippen LogP contribution in [0, 0.1) is 5.92 Å². The van der Waals surface area contributed by atoms with Gasteiger partial charge in [0.2, 0.25) is 5.91 Å². The quantitative estimate of drug-likeness (QED) is 0.696. The van der Waals surface area contributed by atoms with Gasteiger partial charge in [0, 0.05) is 32.7 Å². The van der Waals surface area contributed by atoms with Gasteiger partial charge in [0.25, 0.3) is 5.91 Å². The fraction of sp³-hybridized carbons (Fsp3) is 0.579. The molecule has 6 nitrogen and oxygen atoms in total. The minimum Gasteiger partial charge on any atom is -0.479 e. The maximum absolute atomic E-state index is 12.3. The van der Waals surface area contributed by atoms with Crippen molar-refractivity contribution in [1.82, 2.24) is 5.32 Å². The molecule has 1 atom stereocenters. The fourth-order valence-electron chi connectivity index (χ4n) is 2.83. The number of nitrogens with one attached hydrogen (secondary N) is 1. The molecule has 0 bridgehead atoms. The minimum atomic E-state index is -0.526. The number of anilines is 1. The lowest BCUT2D eigenvalue weighted by Crippen LogP contribution is -2.45. The number of ether oxygens (including phenoxy) is 2. The monoisotopic (exact) mass is 346 g/mol. The summed E-state index contributed by atoms with van der Waals surface area (Å²) < 4.78 is 11.1. The highest BCUT2D eigenvalue weighted by atomic mass is 16.5. The molecule has 6 heteroatoms. The van der Waals surface area contributed by atoms with E-state index in [4.69, 9.17) is 9.47 Å². The Kier molecular flexibility index (Phi) is 5.91. The summed E-state index contributed by atoms with van der Waals surface area (Å²) >= 11 is 0. The summed E-state index contributed by atoms with van der Waals surface area (Å²) in [5.41, 5.74) is 0.729. The molecule has 1 fully saturated rings. The molecule has 2 amide bonds. The van der Waals surface area contributed by atoms with Gasteiger partial charge >= 0.3 is 0 Å². The number of carbonyl (C=O) groups excluding carboxylic acids is 2. The zero-order valence-corrected chi connectivity index (χ0v) is 14.7. The number of rotatable bonds is 9. The average Bonchev–Trinajstić information content (AvgIpc) is 3.43. The largest absolute Gasteiger partial charge is 0.479 e. The molecule has 25 heavy (non-hydrogen) atoms. The smallest absolute Gasteiger partial charge is 0.267 e. The summed E-state index contributed by atoms with van der Waals surface area (Å²) in [4.78, 5) is 26.0. The topological polar surface area (TPSA) is 67.9 Å². The highest BCUT2D eigenvalue weighted by molar-refractivity contribution is 6.00. The molecule has 0 saturated heterocycles. The summed E-state index contributed by atoms with van der Waals surface area (Å²) in [5, 5.41) is 2.89. The van der Waals surface area contributed by atoms with Crippen LogP contribution in [-0.4, -0.2) is 44.2 Å². The number of nitrogens with zero attached hydrogens (tertiary/aromatic N) is 1. The first-order valence-electron chi connectivity index (χ1n) is 9.06. The third-order valence-corrected chi connectivity index (χ3v) is 4.47. The van der Waals surface area contributed by atoms with Crippen molar-refractivity contribution >= 4 is 17.5 Å². The number of fused-ring (bicyclic) bond motifs is 1. The van der Waals surface area contributed by atoms with Crippen LogP contribution in [0.15, 0.2) is 24.3 Å². The number of hydrogen-bond acceptors (Lipinski definition) is 4. The minimum absolute atomic E-state index is 0.0494. The molecule has 1 aliphatic carbocycles. The Morgan fingerprint density at radius 3 is 2.96 bits per heavy atom. The zero-order chi connectivity index (χ0) is 17.6. The van der Waals surface area contributed by atoms with Crippen molar-refractivity contribution in [2.45, 2.75) is 38.7 Å². The van der Waals surface area contributed by atoms with Gasteiger partial charge in [-0.2, -0.15) is 0 Å². The second-order valence-corrected chi connectivity index (χ2v) is 6.69. The molecule has 1 saturated carbocycles. The van der Waals surface area contributed by atoms with E-state index in [-0.39, 0.29) is 18.2 Å². The Morgan fingerprint density at radius 2 is 2.16 bits per heavy atom. The van der Waals surface area contributed by atoms with Crippen molar-refractivity contribution in [2.24, 2.45) is 5.92 Å². The molecule has 2 aliphatic rings. The van der Waals surface area contributed by atoms with Crippen LogP contribution in [-0.2, 0) is 14.3 Å². The second kappa shape index (κ2) is 8.34. The summed E-state index contributed by atoms with van der Waals surface area (Å²) in [6, 6.07) is 7.42. The second-order valence-electron chi connectivity index (χ2n) is 6.69. The normalized spacial score (nSPS) is 19.3. The van der Waals surface area contributed by atoms with Crippen LogP contribution in [0.5, 0.6) is 5.75 Å². The van der Waals surface area contributed by atoms with Gasteiger partial charge in [0.15, 0.2) is 6.10 Å². The van der Waals surface area contributed by atoms with Crippen LogP contribution in [0.2, 0.25) is 0 Å². The van der Waals surface area contributed by atoms with E-state index in [1.807, 2.05) is 24.3 Å². The van der Waals surface area contributed by atoms with Gasteiger partial charge in [-0.05, 0) is 44.2 Å². The molecule has 136 valence electrons. The van der Waals surface area contributed by atoms with E-state index >= 15 is 0 Å². The SMILES string of the molecule is CC1Oc2ccccc2N(CCC(=O)NCCCOCC2CC2)C1=O. The third kappa shape index (κ3) is 4.95. The van der Waals surface area contributed by atoms with Crippen molar-refractivity contribution in [2.75, 3.05) is 31.2 Å². The third-order valence-electron chi connectivity index (χ3n) is 4.47. The van der Waals surface area contributed by atoms with Gasteiger partial charge in [-0.25, -0.2) is 0 Å². The number of benzene rings is 1. The van der Waals surface area contributed by atoms with Gasteiger partial charge in [0.05, 0.1) is 5.69 Å². The van der Waals surface area contributed by atoms with Crippen molar-refractivity contribution in [3.05, 3.63) is 24.3 Å². The van der Waals surface area contributed by atoms with Crippen LogP contribution in [0.4, 0.5) is 5.69 Å². The van der Waals surface area contributed by atoms with E-state index in [1.54, 1.807) is 11.8 Å². The maximum atomic E-state index is 12.3. The summed E-state index contributed by atoms with van der Waals surface area (Å²) in [6.07, 6.45) is 3.14. The van der Waals surface area contributed by atoms with E-state index < -0.39 is 6.10 Å². The summed E-state index contributed by atoms with van der Waals surface area (Å²) in [7, 11) is 0. The summed E-state index contributed by atoms with van der Waals surface area (Å²) in [5.74, 6) is 1.29. The molecule has 1 aromatic carbocycles. The summed E-state index contributed by atoms with van der Waals surface area (Å²) in [6.45, 7) is 4.22. The van der Waals surface area contributed by atoms with Crippen molar-refractivity contribution in [3.63, 3.8) is 0 Å². The Labute approximate surface area is 148 Å². The maximum Gasteiger partial charge on any atom is 0.267 e. The standard InChI is InChI=1S/C19H26N2O4/c1-14-19(23)21(16-5-2-3-6-17(16)25-14)11-9-18(22)20-10-4-12-24-13-15-7-8-15/h2-3,5-6,14-15H,4,7-13H2,1H3,(H,20,22). The number of hydrogen-bond donors (Lipinski definition) is 1. The molecule has 0 radical (unpaired) electrons. The molecule has 1 aliphatic heterocycles. The lowest BCUT2D eigenvalue weighted by Gasteiger charge is -2.32. The first-order valence-corrected chi connectivity index (χ1v) is 9.06. The van der Waals surface area contributed by atoms with Gasteiger partial charge in [-0.3, -0.25) is 9.59 Å². The van der Waals surface area contributed by atoms with Crippen molar-refractivity contribution < 1.29 is 19.1 Å². The van der Waals surface area contributed by atoms with Crippen LogP contribution in [0.3, 0.4) is 0 Å². The highest BCUT2D eigenvalue weighted by Crippen LogP contribution is 2.33. The van der Waals surface area contributed by atoms with E-state index in [0.717, 1.165) is 24.6 Å². The van der Waals surface area contributed by atoms with E-state index in [1.165, 1.54) is 12.8 Å². The molecule has 1 aromatic rings. The van der Waals surface area contributed by atoms with E-state index in [2.05, 4.69) is 5.32 Å². The van der Waals surface area contributed by atoms with Gasteiger partial charge in [0.1, 0.15) is 5.75 Å². The molecule has 1 N–H and O–H groups in total. The number of amides is 2. The predicted octanol–water partition coefficient (Wildman–Crippen LogP) is 2.12. The number of carbonyl (C=O) groups is 2. The molecule has 3 rings (SSSR count). The first-order chi connectivity index (χ1) is 12.1.